The summed E-state index contributed by atoms with van der Waals surface area (Å²) in [6.07, 6.45) is 4.25. The van der Waals surface area contributed by atoms with E-state index in [-0.39, 0.29) is 10.6 Å². The van der Waals surface area contributed by atoms with Crippen LogP contribution in [0.2, 0.25) is 5.02 Å². The lowest BCUT2D eigenvalue weighted by atomic mass is 10.0. The topological polar surface area (TPSA) is 63.8 Å². The summed E-state index contributed by atoms with van der Waals surface area (Å²) in [5, 5.41) is -0.281. The number of hydrogen-bond acceptors (Lipinski definition) is 4. The van der Waals surface area contributed by atoms with Gasteiger partial charge in [0.2, 0.25) is 0 Å². The standard InChI is InChI=1S/C11H9ClF2N4/c12-8-2-9(13)7(1-10(8)14)11(18-15)6-3-16-5-17-4-6/h1-5,11,18H,15H2. The Kier molecular flexibility index (Phi) is 3.81. The molecule has 1 aromatic heterocycles. The van der Waals surface area contributed by atoms with Crippen LogP contribution in [0.4, 0.5) is 8.78 Å². The van der Waals surface area contributed by atoms with E-state index in [0.29, 0.717) is 5.56 Å². The van der Waals surface area contributed by atoms with Crippen LogP contribution >= 0.6 is 11.6 Å². The van der Waals surface area contributed by atoms with E-state index in [1.54, 1.807) is 0 Å². The molecule has 3 N–H and O–H groups in total. The average molecular weight is 271 g/mol. The van der Waals surface area contributed by atoms with Crippen molar-refractivity contribution in [2.75, 3.05) is 0 Å². The van der Waals surface area contributed by atoms with Crippen LogP contribution in [0.1, 0.15) is 17.2 Å². The molecule has 7 heteroatoms. The molecule has 1 heterocycles. The van der Waals surface area contributed by atoms with Gasteiger partial charge in [-0.15, -0.1) is 0 Å². The number of rotatable bonds is 3. The Hall–Kier alpha value is -1.63. The van der Waals surface area contributed by atoms with Crippen LogP contribution in [0.5, 0.6) is 0 Å². The van der Waals surface area contributed by atoms with Crippen molar-refractivity contribution in [2.24, 2.45) is 5.84 Å². The van der Waals surface area contributed by atoms with Crippen LogP contribution in [-0.2, 0) is 0 Å². The predicted molar refractivity (Wildman–Crippen MR) is 62.6 cm³/mol. The highest BCUT2D eigenvalue weighted by Gasteiger charge is 2.19. The smallest absolute Gasteiger partial charge is 0.142 e. The molecular weight excluding hydrogens is 262 g/mol. The number of nitrogens with zero attached hydrogens (tertiary/aromatic N) is 2. The average Bonchev–Trinajstić information content (AvgIpc) is 2.38. The summed E-state index contributed by atoms with van der Waals surface area (Å²) < 4.78 is 27.1. The van der Waals surface area contributed by atoms with Crippen LogP contribution in [-0.4, -0.2) is 9.97 Å². The van der Waals surface area contributed by atoms with E-state index in [4.69, 9.17) is 17.4 Å². The number of hydrazine groups is 1. The second kappa shape index (κ2) is 5.34. The first kappa shape index (κ1) is 12.8. The largest absolute Gasteiger partial charge is 0.271 e. The molecule has 1 unspecified atom stereocenters. The normalized spacial score (nSPS) is 12.4. The number of hydrogen-bond donors (Lipinski definition) is 2. The van der Waals surface area contributed by atoms with E-state index >= 15 is 0 Å². The van der Waals surface area contributed by atoms with Crippen molar-refractivity contribution < 1.29 is 8.78 Å². The first-order valence-electron chi connectivity index (χ1n) is 4.99. The Morgan fingerprint density at radius 1 is 1.17 bits per heavy atom. The number of nitrogens with one attached hydrogen (secondary N) is 1. The van der Waals surface area contributed by atoms with Crippen LogP contribution in [0.3, 0.4) is 0 Å². The fourth-order valence-electron chi connectivity index (χ4n) is 1.58. The van der Waals surface area contributed by atoms with Gasteiger partial charge < -0.3 is 0 Å². The van der Waals surface area contributed by atoms with Gasteiger partial charge in [0.15, 0.2) is 0 Å². The molecule has 0 saturated heterocycles. The highest BCUT2D eigenvalue weighted by atomic mass is 35.5. The molecule has 2 rings (SSSR count). The molecule has 0 aliphatic rings. The summed E-state index contributed by atoms with van der Waals surface area (Å²) in [4.78, 5) is 7.60. The fourth-order valence-corrected chi connectivity index (χ4v) is 1.73. The van der Waals surface area contributed by atoms with Gasteiger partial charge in [0.05, 0.1) is 11.1 Å². The molecule has 0 amide bonds. The lowest BCUT2D eigenvalue weighted by Gasteiger charge is -2.17. The second-order valence-electron chi connectivity index (χ2n) is 3.56. The molecule has 1 aromatic carbocycles. The van der Waals surface area contributed by atoms with Gasteiger partial charge in [-0.1, -0.05) is 11.6 Å². The van der Waals surface area contributed by atoms with Gasteiger partial charge in [-0.3, -0.25) is 5.84 Å². The number of aromatic nitrogens is 2. The van der Waals surface area contributed by atoms with E-state index < -0.39 is 17.7 Å². The minimum absolute atomic E-state index is 0.0363. The number of benzene rings is 1. The summed E-state index contributed by atoms with van der Waals surface area (Å²) in [5.74, 6) is 3.99. The summed E-state index contributed by atoms with van der Waals surface area (Å²) in [5.41, 5.74) is 2.94. The van der Waals surface area contributed by atoms with E-state index in [2.05, 4.69) is 15.4 Å². The van der Waals surface area contributed by atoms with Gasteiger partial charge in [0.25, 0.3) is 0 Å². The van der Waals surface area contributed by atoms with Crippen LogP contribution < -0.4 is 11.3 Å². The molecule has 0 spiro atoms. The maximum Gasteiger partial charge on any atom is 0.142 e. The molecule has 1 atom stereocenters. The van der Waals surface area contributed by atoms with Gasteiger partial charge in [-0.2, -0.15) is 0 Å². The Labute approximate surface area is 107 Å². The Balaban J connectivity index is 2.49. The van der Waals surface area contributed by atoms with Crippen LogP contribution in [0.15, 0.2) is 30.9 Å². The molecule has 4 nitrogen and oxygen atoms in total. The quantitative estimate of drug-likeness (QED) is 0.508. The molecule has 0 fully saturated rings. The summed E-state index contributed by atoms with van der Waals surface area (Å²) >= 11 is 5.49. The third-order valence-electron chi connectivity index (χ3n) is 2.43. The highest BCUT2D eigenvalue weighted by molar-refractivity contribution is 6.30. The molecule has 0 radical (unpaired) electrons. The highest BCUT2D eigenvalue weighted by Crippen LogP contribution is 2.27. The lowest BCUT2D eigenvalue weighted by Crippen LogP contribution is -2.29. The molecule has 94 valence electrons. The molecule has 0 saturated carbocycles. The van der Waals surface area contributed by atoms with Gasteiger partial charge in [0, 0.05) is 23.5 Å². The van der Waals surface area contributed by atoms with Crippen molar-refractivity contribution in [1.29, 1.82) is 0 Å². The Morgan fingerprint density at radius 2 is 1.83 bits per heavy atom. The van der Waals surface area contributed by atoms with Crippen molar-refractivity contribution in [1.82, 2.24) is 15.4 Å². The molecule has 0 bridgehead atoms. The first-order chi connectivity index (χ1) is 8.63. The summed E-state index contributed by atoms with van der Waals surface area (Å²) in [6, 6.07) is 1.15. The SMILES string of the molecule is NNC(c1cncnc1)c1cc(F)c(Cl)cc1F. The first-order valence-corrected chi connectivity index (χ1v) is 5.36. The van der Waals surface area contributed by atoms with Crippen LogP contribution in [0.25, 0.3) is 0 Å². The molecule has 0 aliphatic carbocycles. The minimum atomic E-state index is -0.752. The van der Waals surface area contributed by atoms with E-state index in [0.717, 1.165) is 12.1 Å². The monoisotopic (exact) mass is 270 g/mol. The van der Waals surface area contributed by atoms with Crippen molar-refractivity contribution >= 4 is 11.6 Å². The maximum absolute atomic E-state index is 13.8. The van der Waals surface area contributed by atoms with Crippen molar-refractivity contribution in [2.45, 2.75) is 6.04 Å². The zero-order chi connectivity index (χ0) is 13.1. The third-order valence-corrected chi connectivity index (χ3v) is 2.72. The van der Waals surface area contributed by atoms with Crippen LogP contribution in [0, 0.1) is 11.6 Å². The fraction of sp³-hybridized carbons (Fsp3) is 0.0909. The van der Waals surface area contributed by atoms with Crippen molar-refractivity contribution in [3.63, 3.8) is 0 Å². The zero-order valence-electron chi connectivity index (χ0n) is 9.07. The molecule has 2 aromatic rings. The maximum atomic E-state index is 13.8. The summed E-state index contributed by atoms with van der Waals surface area (Å²) in [6.45, 7) is 0. The molecular formula is C11H9ClF2N4. The minimum Gasteiger partial charge on any atom is -0.271 e. The zero-order valence-corrected chi connectivity index (χ0v) is 9.83. The number of nitrogens with two attached hydrogens (primary N) is 1. The summed E-state index contributed by atoms with van der Waals surface area (Å²) in [7, 11) is 0. The molecule has 0 aliphatic heterocycles. The van der Waals surface area contributed by atoms with E-state index in [1.807, 2.05) is 0 Å². The van der Waals surface area contributed by atoms with Crippen molar-refractivity contribution in [3.05, 3.63) is 58.6 Å². The lowest BCUT2D eigenvalue weighted by molar-refractivity contribution is 0.544. The Bertz CT molecular complexity index is 550. The Morgan fingerprint density at radius 3 is 2.44 bits per heavy atom. The van der Waals surface area contributed by atoms with Gasteiger partial charge >= 0.3 is 0 Å². The second-order valence-corrected chi connectivity index (χ2v) is 3.97. The number of halogens is 3. The van der Waals surface area contributed by atoms with E-state index in [9.17, 15) is 8.78 Å². The van der Waals surface area contributed by atoms with Gasteiger partial charge in [-0.25, -0.2) is 24.2 Å². The van der Waals surface area contributed by atoms with Crippen molar-refractivity contribution in [3.8, 4) is 0 Å². The third kappa shape index (κ3) is 2.45. The predicted octanol–water partition coefficient (Wildman–Crippen LogP) is 1.96. The van der Waals surface area contributed by atoms with Gasteiger partial charge in [-0.05, 0) is 12.1 Å². The van der Waals surface area contributed by atoms with E-state index in [1.165, 1.54) is 18.7 Å². The van der Waals surface area contributed by atoms with Gasteiger partial charge in [0.1, 0.15) is 18.0 Å². The molecule has 18 heavy (non-hydrogen) atoms.